The maximum absolute atomic E-state index is 12.1. The van der Waals surface area contributed by atoms with E-state index in [-0.39, 0.29) is 5.91 Å². The first kappa shape index (κ1) is 14.0. The van der Waals surface area contributed by atoms with Crippen molar-refractivity contribution in [2.45, 2.75) is 6.61 Å². The zero-order valence-corrected chi connectivity index (χ0v) is 11.1. The van der Waals surface area contributed by atoms with Crippen molar-refractivity contribution in [2.75, 3.05) is 17.9 Å². The first-order valence-electron chi connectivity index (χ1n) is 6.05. The van der Waals surface area contributed by atoms with Crippen molar-refractivity contribution in [1.29, 1.82) is 0 Å². The van der Waals surface area contributed by atoms with E-state index in [0.29, 0.717) is 23.7 Å². The summed E-state index contributed by atoms with van der Waals surface area (Å²) in [5.74, 6) is 4.97. The number of pyridine rings is 1. The van der Waals surface area contributed by atoms with Crippen LogP contribution in [0.15, 0.2) is 42.6 Å². The third-order valence-electron chi connectivity index (χ3n) is 2.73. The molecular weight excluding hydrogens is 256 g/mol. The van der Waals surface area contributed by atoms with Crippen LogP contribution in [0.5, 0.6) is 0 Å². The summed E-state index contributed by atoms with van der Waals surface area (Å²) >= 11 is 0. The Hall–Kier alpha value is -2.44. The summed E-state index contributed by atoms with van der Waals surface area (Å²) in [6.07, 6.45) is 1.50. The smallest absolute Gasteiger partial charge is 0.274 e. The van der Waals surface area contributed by atoms with Gasteiger partial charge in [-0.3, -0.25) is 10.6 Å². The second-order valence-corrected chi connectivity index (χ2v) is 4.12. The Balaban J connectivity index is 2.14. The molecule has 6 nitrogen and oxygen atoms in total. The molecule has 2 rings (SSSR count). The van der Waals surface area contributed by atoms with Crippen LogP contribution in [-0.4, -0.2) is 18.0 Å². The number of ether oxygens (including phenoxy) is 1. The largest absolute Gasteiger partial charge is 0.380 e. The fourth-order valence-corrected chi connectivity index (χ4v) is 1.72. The second-order valence-electron chi connectivity index (χ2n) is 4.12. The van der Waals surface area contributed by atoms with E-state index < -0.39 is 0 Å². The van der Waals surface area contributed by atoms with E-state index in [1.54, 1.807) is 19.2 Å². The lowest BCUT2D eigenvalue weighted by Gasteiger charge is -2.10. The van der Waals surface area contributed by atoms with Crippen molar-refractivity contribution in [1.82, 2.24) is 4.98 Å². The van der Waals surface area contributed by atoms with Crippen molar-refractivity contribution in [3.8, 4) is 0 Å². The minimum atomic E-state index is -0.280. The Morgan fingerprint density at radius 3 is 2.75 bits per heavy atom. The van der Waals surface area contributed by atoms with E-state index in [2.05, 4.69) is 15.7 Å². The van der Waals surface area contributed by atoms with Gasteiger partial charge in [0.05, 0.1) is 18.5 Å². The second kappa shape index (κ2) is 6.65. The molecule has 4 N–H and O–H groups in total. The Morgan fingerprint density at radius 1 is 1.30 bits per heavy atom. The van der Waals surface area contributed by atoms with E-state index in [0.717, 1.165) is 5.56 Å². The van der Waals surface area contributed by atoms with E-state index in [1.165, 1.54) is 6.20 Å². The number of aromatic nitrogens is 1. The number of hydrogen-bond donors (Lipinski definition) is 3. The van der Waals surface area contributed by atoms with Gasteiger partial charge < -0.3 is 15.5 Å². The molecule has 20 heavy (non-hydrogen) atoms. The van der Waals surface area contributed by atoms with Crippen LogP contribution in [0.2, 0.25) is 0 Å². The van der Waals surface area contributed by atoms with Crippen molar-refractivity contribution in [3.05, 3.63) is 53.9 Å². The van der Waals surface area contributed by atoms with Gasteiger partial charge in [-0.1, -0.05) is 18.2 Å². The van der Waals surface area contributed by atoms with E-state index >= 15 is 0 Å². The number of para-hydroxylation sites is 1. The molecule has 0 saturated heterocycles. The van der Waals surface area contributed by atoms with Crippen molar-refractivity contribution in [3.63, 3.8) is 0 Å². The van der Waals surface area contributed by atoms with Crippen LogP contribution in [0.3, 0.4) is 0 Å². The number of nitrogens with one attached hydrogen (secondary N) is 2. The number of rotatable bonds is 5. The molecule has 0 atom stereocenters. The van der Waals surface area contributed by atoms with Crippen molar-refractivity contribution < 1.29 is 9.53 Å². The molecule has 1 heterocycles. The van der Waals surface area contributed by atoms with Gasteiger partial charge in [0, 0.05) is 18.4 Å². The molecule has 2 aromatic rings. The summed E-state index contributed by atoms with van der Waals surface area (Å²) in [5, 5.41) is 2.82. The molecule has 1 amide bonds. The first-order chi connectivity index (χ1) is 9.74. The third kappa shape index (κ3) is 3.31. The van der Waals surface area contributed by atoms with Gasteiger partial charge in [-0.05, 0) is 18.2 Å². The number of anilines is 2. The zero-order valence-electron chi connectivity index (χ0n) is 11.1. The summed E-state index contributed by atoms with van der Waals surface area (Å²) in [4.78, 5) is 16.1. The summed E-state index contributed by atoms with van der Waals surface area (Å²) in [6, 6.07) is 10.7. The number of benzene rings is 1. The Kier molecular flexibility index (Phi) is 4.65. The topological polar surface area (TPSA) is 89.3 Å². The molecule has 0 aliphatic carbocycles. The normalized spacial score (nSPS) is 10.1. The van der Waals surface area contributed by atoms with Gasteiger partial charge in [-0.25, -0.2) is 4.98 Å². The molecule has 0 saturated carbocycles. The molecule has 0 spiro atoms. The summed E-state index contributed by atoms with van der Waals surface area (Å²) in [7, 11) is 1.61. The molecule has 1 aromatic heterocycles. The minimum Gasteiger partial charge on any atom is -0.380 e. The highest BCUT2D eigenvalue weighted by Gasteiger charge is 2.10. The highest BCUT2D eigenvalue weighted by molar-refractivity contribution is 6.03. The van der Waals surface area contributed by atoms with Crippen LogP contribution in [0.25, 0.3) is 0 Å². The molecule has 0 aliphatic heterocycles. The predicted octanol–water partition coefficient (Wildman–Crippen LogP) is 1.77. The molecule has 0 unspecified atom stereocenters. The van der Waals surface area contributed by atoms with Crippen molar-refractivity contribution in [2.24, 2.45) is 5.84 Å². The van der Waals surface area contributed by atoms with Gasteiger partial charge in [-0.15, -0.1) is 0 Å². The number of hydrazine groups is 1. The lowest BCUT2D eigenvalue weighted by molar-refractivity contribution is 0.102. The fraction of sp³-hybridized carbons (Fsp3) is 0.143. The number of carbonyl (C=O) groups is 1. The third-order valence-corrected chi connectivity index (χ3v) is 2.73. The van der Waals surface area contributed by atoms with Crippen LogP contribution in [0, 0.1) is 0 Å². The number of hydrogen-bond acceptors (Lipinski definition) is 5. The molecule has 0 fully saturated rings. The number of nitrogen functional groups attached to an aromatic ring is 1. The number of carbonyl (C=O) groups excluding carboxylic acids is 1. The van der Waals surface area contributed by atoms with Crippen LogP contribution in [0.4, 0.5) is 11.4 Å². The average molecular weight is 272 g/mol. The van der Waals surface area contributed by atoms with Gasteiger partial charge in [0.1, 0.15) is 5.69 Å². The molecule has 0 aliphatic rings. The molecule has 104 valence electrons. The van der Waals surface area contributed by atoms with Gasteiger partial charge in [0.2, 0.25) is 0 Å². The monoisotopic (exact) mass is 272 g/mol. The molecule has 1 aromatic carbocycles. The van der Waals surface area contributed by atoms with Crippen LogP contribution < -0.4 is 16.6 Å². The summed E-state index contributed by atoms with van der Waals surface area (Å²) < 4.78 is 5.10. The Labute approximate surface area is 116 Å². The SMILES string of the molecule is COCc1ccccc1NC(=O)c1ccc(NN)cn1. The summed E-state index contributed by atoms with van der Waals surface area (Å²) in [5.41, 5.74) is 5.03. The fourth-order valence-electron chi connectivity index (χ4n) is 1.72. The van der Waals surface area contributed by atoms with Crippen LogP contribution >= 0.6 is 0 Å². The number of nitrogens with two attached hydrogens (primary N) is 1. The van der Waals surface area contributed by atoms with Gasteiger partial charge in [-0.2, -0.15) is 0 Å². The van der Waals surface area contributed by atoms with E-state index in [9.17, 15) is 4.79 Å². The quantitative estimate of drug-likeness (QED) is 0.570. The molecule has 0 bridgehead atoms. The first-order valence-corrected chi connectivity index (χ1v) is 6.05. The zero-order chi connectivity index (χ0) is 14.4. The Bertz CT molecular complexity index is 584. The standard InChI is InChI=1S/C14H16N4O2/c1-20-9-10-4-2-3-5-12(10)17-14(19)13-7-6-11(18-15)8-16-13/h2-8,18H,9,15H2,1H3,(H,17,19). The maximum atomic E-state index is 12.1. The number of amides is 1. The van der Waals surface area contributed by atoms with E-state index in [4.69, 9.17) is 10.6 Å². The van der Waals surface area contributed by atoms with Gasteiger partial charge in [0.15, 0.2) is 0 Å². The molecule has 6 heteroatoms. The predicted molar refractivity (Wildman–Crippen MR) is 77.2 cm³/mol. The van der Waals surface area contributed by atoms with Crippen LogP contribution in [-0.2, 0) is 11.3 Å². The average Bonchev–Trinajstić information content (AvgIpc) is 2.49. The molecule has 0 radical (unpaired) electrons. The van der Waals surface area contributed by atoms with E-state index in [1.807, 2.05) is 24.3 Å². The van der Waals surface area contributed by atoms with Crippen molar-refractivity contribution >= 4 is 17.3 Å². The highest BCUT2D eigenvalue weighted by Crippen LogP contribution is 2.17. The van der Waals surface area contributed by atoms with Gasteiger partial charge >= 0.3 is 0 Å². The van der Waals surface area contributed by atoms with Gasteiger partial charge in [0.25, 0.3) is 5.91 Å². The number of nitrogens with zero attached hydrogens (tertiary/aromatic N) is 1. The maximum Gasteiger partial charge on any atom is 0.274 e. The lowest BCUT2D eigenvalue weighted by Crippen LogP contribution is -2.15. The Morgan fingerprint density at radius 2 is 2.10 bits per heavy atom. The lowest BCUT2D eigenvalue weighted by atomic mass is 10.2. The number of methoxy groups -OCH3 is 1. The minimum absolute atomic E-state index is 0.280. The van der Waals surface area contributed by atoms with Crippen LogP contribution in [0.1, 0.15) is 16.1 Å². The molecular formula is C14H16N4O2. The summed E-state index contributed by atoms with van der Waals surface area (Å²) in [6.45, 7) is 0.430. The highest BCUT2D eigenvalue weighted by atomic mass is 16.5.